The number of rotatable bonds is 37. The van der Waals surface area contributed by atoms with Crippen molar-refractivity contribution < 1.29 is 0 Å². The van der Waals surface area contributed by atoms with Crippen LogP contribution in [0.1, 0.15) is 247 Å². The van der Waals surface area contributed by atoms with Gasteiger partial charge in [-0.15, -0.1) is 6.58 Å². The highest BCUT2D eigenvalue weighted by atomic mass is 14.3. The molecular formula is C47H90. The average molecular weight is 655 g/mol. The van der Waals surface area contributed by atoms with Gasteiger partial charge in [0.15, 0.2) is 0 Å². The Morgan fingerprint density at radius 2 is 1.04 bits per heavy atom. The Hall–Kier alpha value is -0.780. The van der Waals surface area contributed by atoms with Crippen molar-refractivity contribution in [1.29, 1.82) is 0 Å². The van der Waals surface area contributed by atoms with Crippen LogP contribution >= 0.6 is 0 Å². The molecule has 0 spiro atoms. The van der Waals surface area contributed by atoms with Crippen molar-refractivity contribution in [2.75, 3.05) is 0 Å². The van der Waals surface area contributed by atoms with Crippen LogP contribution in [0, 0.1) is 17.3 Å². The van der Waals surface area contributed by atoms with E-state index in [9.17, 15) is 0 Å². The zero-order chi connectivity index (χ0) is 34.7. The van der Waals surface area contributed by atoms with Crippen molar-refractivity contribution in [2.45, 2.75) is 247 Å². The molecular weight excluding hydrogens is 565 g/mol. The van der Waals surface area contributed by atoms with E-state index in [4.69, 9.17) is 0 Å². The fourth-order valence-corrected chi connectivity index (χ4v) is 8.16. The molecule has 2 atom stereocenters. The summed E-state index contributed by atoms with van der Waals surface area (Å²) < 4.78 is 0. The molecule has 0 nitrogen and oxygen atoms in total. The lowest BCUT2D eigenvalue weighted by Gasteiger charge is -2.33. The molecule has 0 radical (unpaired) electrons. The Kier molecular flexibility index (Phi) is 34.5. The van der Waals surface area contributed by atoms with Crippen molar-refractivity contribution >= 4 is 0 Å². The fourth-order valence-electron chi connectivity index (χ4n) is 8.16. The second-order valence-corrected chi connectivity index (χ2v) is 16.0. The average Bonchev–Trinajstić information content (AvgIpc) is 3.06. The molecule has 0 aromatic heterocycles. The van der Waals surface area contributed by atoms with Crippen LogP contribution in [-0.4, -0.2) is 0 Å². The van der Waals surface area contributed by atoms with Crippen molar-refractivity contribution in [3.8, 4) is 0 Å². The summed E-state index contributed by atoms with van der Waals surface area (Å²) in [6.45, 7) is 18.1. The van der Waals surface area contributed by atoms with Crippen LogP contribution in [0.5, 0.6) is 0 Å². The Morgan fingerprint density at radius 3 is 1.62 bits per heavy atom. The van der Waals surface area contributed by atoms with E-state index in [1.807, 2.05) is 5.57 Å². The van der Waals surface area contributed by atoms with Crippen molar-refractivity contribution in [2.24, 2.45) is 17.3 Å². The molecule has 0 bridgehead atoms. The predicted octanol–water partition coefficient (Wildman–Crippen LogP) is 17.5. The first-order valence-corrected chi connectivity index (χ1v) is 21.9. The summed E-state index contributed by atoms with van der Waals surface area (Å²) in [7, 11) is 0. The molecule has 0 N–H and O–H groups in total. The third-order valence-corrected chi connectivity index (χ3v) is 11.2. The summed E-state index contributed by atoms with van der Waals surface area (Å²) in [4.78, 5) is 0. The van der Waals surface area contributed by atoms with E-state index in [1.165, 1.54) is 205 Å². The van der Waals surface area contributed by atoms with Gasteiger partial charge in [0.25, 0.3) is 0 Å². The topological polar surface area (TPSA) is 0 Å². The molecule has 0 aromatic carbocycles. The normalized spacial score (nSPS) is 13.9. The van der Waals surface area contributed by atoms with Gasteiger partial charge in [0.05, 0.1) is 0 Å². The van der Waals surface area contributed by atoms with Gasteiger partial charge in [0.2, 0.25) is 0 Å². The predicted molar refractivity (Wildman–Crippen MR) is 219 cm³/mol. The van der Waals surface area contributed by atoms with Gasteiger partial charge < -0.3 is 0 Å². The SMILES string of the molecule is C=CCC(C)CCCCCCCCCC(=CCC(CCCCC)CCCCCC)CCCCCCC(CC=CCC)(CCC)CCC. The third-order valence-electron chi connectivity index (χ3n) is 11.2. The minimum atomic E-state index is 0.564. The number of unbranched alkanes of at least 4 members (excludes halogenated alkanes) is 14. The van der Waals surface area contributed by atoms with Crippen LogP contribution in [0.25, 0.3) is 0 Å². The molecule has 278 valence electrons. The fraction of sp³-hybridized carbons (Fsp3) is 0.872. The second-order valence-electron chi connectivity index (χ2n) is 16.0. The van der Waals surface area contributed by atoms with Gasteiger partial charge in [0, 0.05) is 0 Å². The molecule has 0 heteroatoms. The first-order chi connectivity index (χ1) is 23.0. The van der Waals surface area contributed by atoms with Crippen molar-refractivity contribution in [1.82, 2.24) is 0 Å². The quantitative estimate of drug-likeness (QED) is 0.0462. The van der Waals surface area contributed by atoms with Gasteiger partial charge in [0.1, 0.15) is 0 Å². The summed E-state index contributed by atoms with van der Waals surface area (Å²) in [5, 5.41) is 0. The molecule has 0 saturated carbocycles. The van der Waals surface area contributed by atoms with Crippen LogP contribution in [0.4, 0.5) is 0 Å². The highest BCUT2D eigenvalue weighted by Crippen LogP contribution is 2.40. The summed E-state index contributed by atoms with van der Waals surface area (Å²) in [5.41, 5.74) is 2.39. The first kappa shape index (κ1) is 46.2. The maximum Gasteiger partial charge on any atom is -0.0263 e. The van der Waals surface area contributed by atoms with Gasteiger partial charge in [-0.2, -0.15) is 0 Å². The first-order valence-electron chi connectivity index (χ1n) is 21.9. The maximum absolute atomic E-state index is 3.90. The zero-order valence-electron chi connectivity index (χ0n) is 33.8. The van der Waals surface area contributed by atoms with Crippen LogP contribution in [-0.2, 0) is 0 Å². The minimum absolute atomic E-state index is 0.564. The monoisotopic (exact) mass is 655 g/mol. The summed E-state index contributed by atoms with van der Waals surface area (Å²) >= 11 is 0. The van der Waals surface area contributed by atoms with Gasteiger partial charge in [-0.1, -0.05) is 206 Å². The summed E-state index contributed by atoms with van der Waals surface area (Å²) in [5.74, 6) is 1.75. The van der Waals surface area contributed by atoms with E-state index in [2.05, 4.69) is 72.4 Å². The van der Waals surface area contributed by atoms with Crippen LogP contribution in [0.2, 0.25) is 0 Å². The van der Waals surface area contributed by atoms with E-state index in [-0.39, 0.29) is 0 Å². The maximum atomic E-state index is 3.90. The van der Waals surface area contributed by atoms with E-state index in [0.717, 1.165) is 11.8 Å². The van der Waals surface area contributed by atoms with Crippen LogP contribution < -0.4 is 0 Å². The lowest BCUT2D eigenvalue weighted by Crippen LogP contribution is -2.20. The molecule has 0 aliphatic heterocycles. The smallest absolute Gasteiger partial charge is 0.0263 e. The Bertz CT molecular complexity index is 689. The van der Waals surface area contributed by atoms with E-state index in [1.54, 1.807) is 0 Å². The van der Waals surface area contributed by atoms with Crippen molar-refractivity contribution in [3.63, 3.8) is 0 Å². The third kappa shape index (κ3) is 28.7. The van der Waals surface area contributed by atoms with Gasteiger partial charge in [-0.25, -0.2) is 0 Å². The molecule has 0 rings (SSSR count). The number of allylic oxidation sites excluding steroid dienone is 5. The highest BCUT2D eigenvalue weighted by Gasteiger charge is 2.26. The zero-order valence-corrected chi connectivity index (χ0v) is 33.8. The number of hydrogen-bond donors (Lipinski definition) is 0. The van der Waals surface area contributed by atoms with Gasteiger partial charge in [-0.3, -0.25) is 0 Å². The molecule has 0 aliphatic rings. The molecule has 2 unspecified atom stereocenters. The van der Waals surface area contributed by atoms with Gasteiger partial charge in [-0.05, 0) is 87.9 Å². The molecule has 0 saturated heterocycles. The van der Waals surface area contributed by atoms with Crippen molar-refractivity contribution in [3.05, 3.63) is 36.5 Å². The molecule has 0 aliphatic carbocycles. The van der Waals surface area contributed by atoms with E-state index < -0.39 is 0 Å². The summed E-state index contributed by atoms with van der Waals surface area (Å²) in [6, 6.07) is 0. The largest absolute Gasteiger partial charge is 0.103 e. The van der Waals surface area contributed by atoms with Gasteiger partial charge >= 0.3 is 0 Å². The lowest BCUT2D eigenvalue weighted by molar-refractivity contribution is 0.208. The lowest BCUT2D eigenvalue weighted by atomic mass is 9.72. The van der Waals surface area contributed by atoms with E-state index >= 15 is 0 Å². The summed E-state index contributed by atoms with van der Waals surface area (Å²) in [6.07, 6.45) is 54.4. The standard InChI is InChI=1S/C47H90/c1-8-14-17-27-35-45(34-25-15-9-2)38-39-46(36-28-22-20-18-19-21-26-33-44(7)32-11-4)37-29-23-24-31-43-47(40-12-5,41-13-6)42-30-16-10-3/h11,16,30,39,44-45H,4,8-10,12-15,17-29,31-38,40-43H2,1-3,5-7H3. The molecule has 0 heterocycles. The van der Waals surface area contributed by atoms with E-state index in [0.29, 0.717) is 5.41 Å². The minimum Gasteiger partial charge on any atom is -0.103 e. The Morgan fingerprint density at radius 1 is 0.532 bits per heavy atom. The molecule has 0 amide bonds. The molecule has 0 aromatic rings. The van der Waals surface area contributed by atoms with Crippen LogP contribution in [0.15, 0.2) is 36.5 Å². The molecule has 47 heavy (non-hydrogen) atoms. The molecule has 0 fully saturated rings. The second kappa shape index (κ2) is 35.1. The Balaban J connectivity index is 4.93. The highest BCUT2D eigenvalue weighted by molar-refractivity contribution is 5.03. The van der Waals surface area contributed by atoms with Crippen LogP contribution in [0.3, 0.4) is 0 Å². The number of hydrogen-bond acceptors (Lipinski definition) is 0. The Labute approximate surface area is 299 Å².